The Morgan fingerprint density at radius 2 is 1.50 bits per heavy atom. The maximum Gasteiger partial charge on any atom is 0.317 e. The first-order chi connectivity index (χ1) is 12.2. The van der Waals surface area contributed by atoms with E-state index in [-0.39, 0.29) is 17.5 Å². The summed E-state index contributed by atoms with van der Waals surface area (Å²) in [5, 5.41) is 2.96. The molecule has 2 aliphatic heterocycles. The van der Waals surface area contributed by atoms with Crippen molar-refractivity contribution in [2.75, 3.05) is 39.4 Å². The molecular formula is C19H27N3O4. The minimum Gasteiger partial charge on any atom is -0.486 e. The number of hydrogen-bond acceptors (Lipinski definition) is 4. The van der Waals surface area contributed by atoms with E-state index in [1.807, 2.05) is 33.8 Å². The van der Waals surface area contributed by atoms with E-state index in [1.165, 1.54) is 0 Å². The van der Waals surface area contributed by atoms with Gasteiger partial charge in [0.15, 0.2) is 11.5 Å². The molecule has 3 amide bonds. The fraction of sp³-hybridized carbons (Fsp3) is 0.579. The van der Waals surface area contributed by atoms with E-state index in [4.69, 9.17) is 9.47 Å². The van der Waals surface area contributed by atoms with Gasteiger partial charge in [0.2, 0.25) is 0 Å². The number of fused-ring (bicyclic) bond motifs is 1. The number of hydrogen-bond donors (Lipinski definition) is 1. The highest BCUT2D eigenvalue weighted by molar-refractivity contribution is 5.96. The molecule has 0 atom stereocenters. The van der Waals surface area contributed by atoms with Gasteiger partial charge in [-0.25, -0.2) is 4.79 Å². The third-order valence-electron chi connectivity index (χ3n) is 4.46. The van der Waals surface area contributed by atoms with Crippen molar-refractivity contribution in [1.29, 1.82) is 0 Å². The summed E-state index contributed by atoms with van der Waals surface area (Å²) in [5.74, 6) is 1.28. The lowest BCUT2D eigenvalue weighted by Gasteiger charge is -2.36. The first kappa shape index (κ1) is 18.4. The second-order valence-electron chi connectivity index (χ2n) is 7.77. The number of nitrogens with one attached hydrogen (secondary N) is 1. The van der Waals surface area contributed by atoms with Crippen molar-refractivity contribution < 1.29 is 19.1 Å². The summed E-state index contributed by atoms with van der Waals surface area (Å²) in [4.78, 5) is 28.7. The molecule has 0 aromatic heterocycles. The predicted molar refractivity (Wildman–Crippen MR) is 97.9 cm³/mol. The van der Waals surface area contributed by atoms with E-state index >= 15 is 0 Å². The molecule has 0 spiro atoms. The van der Waals surface area contributed by atoms with Crippen molar-refractivity contribution in [3.63, 3.8) is 0 Å². The lowest BCUT2D eigenvalue weighted by atomic mass is 10.1. The maximum atomic E-state index is 12.9. The average Bonchev–Trinajstić information content (AvgIpc) is 2.59. The Hall–Kier alpha value is -2.44. The van der Waals surface area contributed by atoms with Crippen LogP contribution in [0.2, 0.25) is 0 Å². The van der Waals surface area contributed by atoms with Crippen molar-refractivity contribution in [3.05, 3.63) is 23.3 Å². The molecule has 0 saturated carbocycles. The molecule has 0 bridgehead atoms. The molecule has 1 aromatic carbocycles. The molecule has 142 valence electrons. The van der Waals surface area contributed by atoms with Crippen LogP contribution in [0.1, 0.15) is 36.7 Å². The van der Waals surface area contributed by atoms with Crippen LogP contribution in [0.3, 0.4) is 0 Å². The molecule has 26 heavy (non-hydrogen) atoms. The molecule has 1 fully saturated rings. The van der Waals surface area contributed by atoms with Crippen LogP contribution in [0.4, 0.5) is 4.79 Å². The molecule has 3 rings (SSSR count). The SMILES string of the molecule is Cc1cc2c(cc1C(=O)N1CCN(C(=O)NC(C)(C)C)CC1)OCCO2. The summed E-state index contributed by atoms with van der Waals surface area (Å²) in [6.07, 6.45) is 0. The van der Waals surface area contributed by atoms with Crippen LogP contribution in [0, 0.1) is 6.92 Å². The zero-order valence-corrected chi connectivity index (χ0v) is 15.9. The van der Waals surface area contributed by atoms with Gasteiger partial charge in [-0.1, -0.05) is 0 Å². The van der Waals surface area contributed by atoms with Crippen LogP contribution < -0.4 is 14.8 Å². The number of benzene rings is 1. The van der Waals surface area contributed by atoms with Crippen molar-refractivity contribution in [1.82, 2.24) is 15.1 Å². The van der Waals surface area contributed by atoms with Crippen LogP contribution in [-0.4, -0.2) is 66.7 Å². The third kappa shape index (κ3) is 4.03. The van der Waals surface area contributed by atoms with Gasteiger partial charge in [0.1, 0.15) is 13.2 Å². The van der Waals surface area contributed by atoms with Gasteiger partial charge in [-0.2, -0.15) is 0 Å². The molecule has 0 unspecified atom stereocenters. The van der Waals surface area contributed by atoms with Gasteiger partial charge in [0.05, 0.1) is 0 Å². The van der Waals surface area contributed by atoms with Gasteiger partial charge in [-0.05, 0) is 45.4 Å². The van der Waals surface area contributed by atoms with Crippen LogP contribution in [0.25, 0.3) is 0 Å². The van der Waals surface area contributed by atoms with Crippen molar-refractivity contribution in [2.45, 2.75) is 33.2 Å². The summed E-state index contributed by atoms with van der Waals surface area (Å²) in [7, 11) is 0. The number of aryl methyl sites for hydroxylation is 1. The summed E-state index contributed by atoms with van der Waals surface area (Å²) in [6, 6.07) is 3.54. The summed E-state index contributed by atoms with van der Waals surface area (Å²) in [6.45, 7) is 10.9. The van der Waals surface area contributed by atoms with E-state index in [9.17, 15) is 9.59 Å². The second kappa shape index (κ2) is 7.05. The molecule has 7 heteroatoms. The monoisotopic (exact) mass is 361 g/mol. The lowest BCUT2D eigenvalue weighted by molar-refractivity contribution is 0.0659. The van der Waals surface area contributed by atoms with Crippen LogP contribution in [0.5, 0.6) is 11.5 Å². The zero-order valence-electron chi connectivity index (χ0n) is 15.9. The normalized spacial score (nSPS) is 17.1. The van der Waals surface area contributed by atoms with Crippen molar-refractivity contribution in [3.8, 4) is 11.5 Å². The van der Waals surface area contributed by atoms with Crippen LogP contribution in [0.15, 0.2) is 12.1 Å². The molecule has 1 N–H and O–H groups in total. The Labute approximate surface area is 154 Å². The molecule has 0 aliphatic carbocycles. The van der Waals surface area contributed by atoms with Crippen molar-refractivity contribution >= 4 is 11.9 Å². The molecule has 0 radical (unpaired) electrons. The first-order valence-corrected chi connectivity index (χ1v) is 9.01. The summed E-state index contributed by atoms with van der Waals surface area (Å²) in [5.41, 5.74) is 1.22. The Kier molecular flexibility index (Phi) is 4.98. The fourth-order valence-electron chi connectivity index (χ4n) is 3.10. The highest BCUT2D eigenvalue weighted by atomic mass is 16.6. The fourth-order valence-corrected chi connectivity index (χ4v) is 3.10. The Morgan fingerprint density at radius 3 is 2.08 bits per heavy atom. The second-order valence-corrected chi connectivity index (χ2v) is 7.77. The number of nitrogens with zero attached hydrogens (tertiary/aromatic N) is 2. The minimum absolute atomic E-state index is 0.0321. The van der Waals surface area contributed by atoms with Gasteiger partial charge in [-0.3, -0.25) is 4.79 Å². The van der Waals surface area contributed by atoms with Gasteiger partial charge >= 0.3 is 6.03 Å². The van der Waals surface area contributed by atoms with Crippen LogP contribution in [-0.2, 0) is 0 Å². The number of piperazine rings is 1. The molecule has 2 aliphatic rings. The largest absolute Gasteiger partial charge is 0.486 e. The maximum absolute atomic E-state index is 12.9. The van der Waals surface area contributed by atoms with E-state index in [0.29, 0.717) is 56.5 Å². The minimum atomic E-state index is -0.271. The zero-order chi connectivity index (χ0) is 18.9. The highest BCUT2D eigenvalue weighted by Gasteiger charge is 2.28. The predicted octanol–water partition coefficient (Wildman–Crippen LogP) is 2.03. The number of rotatable bonds is 1. The topological polar surface area (TPSA) is 71.1 Å². The lowest BCUT2D eigenvalue weighted by Crippen LogP contribution is -2.56. The molecule has 2 heterocycles. The number of amides is 3. The molecule has 7 nitrogen and oxygen atoms in total. The summed E-state index contributed by atoms with van der Waals surface area (Å²) >= 11 is 0. The van der Waals surface area contributed by atoms with Crippen molar-refractivity contribution in [2.24, 2.45) is 0 Å². The quantitative estimate of drug-likeness (QED) is 0.831. The number of ether oxygens (including phenoxy) is 2. The van der Waals surface area contributed by atoms with E-state index in [0.717, 1.165) is 5.56 Å². The van der Waals surface area contributed by atoms with Crippen LogP contribution >= 0.6 is 0 Å². The van der Waals surface area contributed by atoms with E-state index in [1.54, 1.807) is 15.9 Å². The first-order valence-electron chi connectivity index (χ1n) is 9.01. The molecule has 1 saturated heterocycles. The Bertz CT molecular complexity index is 703. The number of carbonyl (C=O) groups excluding carboxylic acids is 2. The Morgan fingerprint density at radius 1 is 0.962 bits per heavy atom. The van der Waals surface area contributed by atoms with Gasteiger partial charge in [0, 0.05) is 37.3 Å². The van der Waals surface area contributed by atoms with Gasteiger partial charge in [-0.15, -0.1) is 0 Å². The van der Waals surface area contributed by atoms with Gasteiger partial charge in [0.25, 0.3) is 5.91 Å². The standard InChI is InChI=1S/C19H27N3O4/c1-13-11-15-16(26-10-9-25-15)12-14(13)17(23)21-5-7-22(8-6-21)18(24)20-19(2,3)4/h11-12H,5-10H2,1-4H3,(H,20,24). The average molecular weight is 361 g/mol. The summed E-state index contributed by atoms with van der Waals surface area (Å²) < 4.78 is 11.2. The smallest absolute Gasteiger partial charge is 0.317 e. The highest BCUT2D eigenvalue weighted by Crippen LogP contribution is 2.33. The van der Waals surface area contributed by atoms with Gasteiger partial charge < -0.3 is 24.6 Å². The molecule has 1 aromatic rings. The third-order valence-corrected chi connectivity index (χ3v) is 4.46. The van der Waals surface area contributed by atoms with E-state index < -0.39 is 0 Å². The number of urea groups is 1. The Balaban J connectivity index is 1.65. The number of carbonyl (C=O) groups is 2. The van der Waals surface area contributed by atoms with E-state index in [2.05, 4.69) is 5.32 Å². The molecular weight excluding hydrogens is 334 g/mol.